The van der Waals surface area contributed by atoms with Crippen molar-refractivity contribution in [3.05, 3.63) is 24.0 Å². The van der Waals surface area contributed by atoms with Gasteiger partial charge in [-0.1, -0.05) is 0 Å². The minimum atomic E-state index is -0.527. The van der Waals surface area contributed by atoms with Crippen LogP contribution in [0.15, 0.2) is 18.5 Å². The number of amides is 1. The predicted molar refractivity (Wildman–Crippen MR) is 61.0 cm³/mol. The van der Waals surface area contributed by atoms with Crippen molar-refractivity contribution in [3.8, 4) is 0 Å². The molecule has 0 spiro atoms. The molecular weight excluding hydrogens is 220 g/mol. The summed E-state index contributed by atoms with van der Waals surface area (Å²) in [6.45, 7) is 3.07. The van der Waals surface area contributed by atoms with Gasteiger partial charge in [0.15, 0.2) is 0 Å². The van der Waals surface area contributed by atoms with E-state index in [-0.39, 0.29) is 0 Å². The molecule has 2 atom stereocenters. The predicted octanol–water partition coefficient (Wildman–Crippen LogP) is -0.391. The first-order valence-corrected chi connectivity index (χ1v) is 5.66. The van der Waals surface area contributed by atoms with Crippen LogP contribution in [0.2, 0.25) is 0 Å². The molecule has 2 fully saturated rings. The van der Waals surface area contributed by atoms with Gasteiger partial charge in [-0.05, 0) is 6.07 Å². The van der Waals surface area contributed by atoms with E-state index >= 15 is 0 Å². The van der Waals surface area contributed by atoms with Crippen molar-refractivity contribution in [1.82, 2.24) is 15.8 Å². The lowest BCUT2D eigenvalue weighted by molar-refractivity contribution is 0.0706. The van der Waals surface area contributed by atoms with Gasteiger partial charge in [0.1, 0.15) is 0 Å². The van der Waals surface area contributed by atoms with E-state index in [1.807, 2.05) is 0 Å². The summed E-state index contributed by atoms with van der Waals surface area (Å²) < 4.78 is 0. The SMILES string of the molecule is O=C(NO)c1cncc(N2C[C@H]3CNC[C@H]32)c1. The summed E-state index contributed by atoms with van der Waals surface area (Å²) in [4.78, 5) is 17.6. The van der Waals surface area contributed by atoms with Crippen LogP contribution in [0.25, 0.3) is 0 Å². The number of fused-ring (bicyclic) bond motifs is 1. The van der Waals surface area contributed by atoms with Crippen LogP contribution in [0.1, 0.15) is 10.4 Å². The molecule has 0 aliphatic carbocycles. The van der Waals surface area contributed by atoms with E-state index in [1.54, 1.807) is 17.7 Å². The summed E-state index contributed by atoms with van der Waals surface area (Å²) in [6, 6.07) is 2.27. The largest absolute Gasteiger partial charge is 0.365 e. The lowest BCUT2D eigenvalue weighted by Gasteiger charge is -2.45. The zero-order valence-corrected chi connectivity index (χ0v) is 9.26. The van der Waals surface area contributed by atoms with E-state index in [2.05, 4.69) is 15.2 Å². The van der Waals surface area contributed by atoms with Gasteiger partial charge in [0.2, 0.25) is 0 Å². The average Bonchev–Trinajstić information content (AvgIpc) is 2.70. The van der Waals surface area contributed by atoms with Crippen molar-refractivity contribution < 1.29 is 10.0 Å². The first kappa shape index (κ1) is 10.5. The number of carbonyl (C=O) groups excluding carboxylic acids is 1. The highest BCUT2D eigenvalue weighted by Gasteiger charge is 2.42. The smallest absolute Gasteiger partial charge is 0.276 e. The van der Waals surface area contributed by atoms with Gasteiger partial charge in [0.05, 0.1) is 17.4 Å². The molecule has 0 bridgehead atoms. The molecule has 1 aromatic rings. The van der Waals surface area contributed by atoms with Crippen LogP contribution in [-0.2, 0) is 0 Å². The number of aromatic nitrogens is 1. The van der Waals surface area contributed by atoms with Crippen molar-refractivity contribution in [3.63, 3.8) is 0 Å². The van der Waals surface area contributed by atoms with Gasteiger partial charge >= 0.3 is 0 Å². The van der Waals surface area contributed by atoms with Gasteiger partial charge in [-0.25, -0.2) is 5.48 Å². The topological polar surface area (TPSA) is 77.5 Å². The number of pyridine rings is 1. The maximum Gasteiger partial charge on any atom is 0.276 e. The summed E-state index contributed by atoms with van der Waals surface area (Å²) in [5.74, 6) is 0.186. The van der Waals surface area contributed by atoms with Gasteiger partial charge in [-0.3, -0.25) is 15.0 Å². The Morgan fingerprint density at radius 1 is 1.53 bits per heavy atom. The quantitative estimate of drug-likeness (QED) is 0.480. The molecule has 1 amide bonds. The Bertz CT molecular complexity index is 451. The van der Waals surface area contributed by atoms with E-state index in [9.17, 15) is 4.79 Å². The molecule has 1 aromatic heterocycles. The molecule has 2 aliphatic heterocycles. The molecule has 90 valence electrons. The number of hydrogen-bond acceptors (Lipinski definition) is 5. The molecule has 0 aromatic carbocycles. The number of anilines is 1. The number of nitrogens with zero attached hydrogens (tertiary/aromatic N) is 2. The van der Waals surface area contributed by atoms with Crippen LogP contribution in [0.5, 0.6) is 0 Å². The molecule has 0 radical (unpaired) electrons. The monoisotopic (exact) mass is 234 g/mol. The number of hydrogen-bond donors (Lipinski definition) is 3. The fourth-order valence-corrected chi connectivity index (χ4v) is 2.59. The molecular formula is C11H14N4O2. The Morgan fingerprint density at radius 2 is 2.41 bits per heavy atom. The van der Waals surface area contributed by atoms with Crippen LogP contribution in [0, 0.1) is 5.92 Å². The van der Waals surface area contributed by atoms with Gasteiger partial charge < -0.3 is 10.2 Å². The Hall–Kier alpha value is -1.66. The second-order valence-electron chi connectivity index (χ2n) is 4.51. The third-order valence-electron chi connectivity index (χ3n) is 3.55. The summed E-state index contributed by atoms with van der Waals surface area (Å²) in [6.07, 6.45) is 3.20. The molecule has 6 heteroatoms. The van der Waals surface area contributed by atoms with Crippen LogP contribution in [-0.4, -0.2) is 41.8 Å². The Labute approximate surface area is 98.6 Å². The second kappa shape index (κ2) is 3.97. The van der Waals surface area contributed by atoms with E-state index < -0.39 is 5.91 Å². The summed E-state index contributed by atoms with van der Waals surface area (Å²) in [7, 11) is 0. The van der Waals surface area contributed by atoms with E-state index in [0.717, 1.165) is 25.3 Å². The minimum Gasteiger partial charge on any atom is -0.365 e. The minimum absolute atomic E-state index is 0.374. The molecule has 0 saturated carbocycles. The number of carbonyl (C=O) groups is 1. The van der Waals surface area contributed by atoms with Gasteiger partial charge in [-0.2, -0.15) is 0 Å². The summed E-state index contributed by atoms with van der Waals surface area (Å²) in [5, 5.41) is 11.9. The standard InChI is InChI=1S/C11H14N4O2/c16-11(14-17)7-1-9(4-12-2-7)15-6-8-3-13-5-10(8)15/h1-2,4,8,10,13,17H,3,5-6H2,(H,14,16)/t8-,10-/m1/s1. The lowest BCUT2D eigenvalue weighted by atomic mass is 9.91. The molecule has 6 nitrogen and oxygen atoms in total. The van der Waals surface area contributed by atoms with Crippen LogP contribution in [0.3, 0.4) is 0 Å². The number of nitrogens with one attached hydrogen (secondary N) is 2. The highest BCUT2D eigenvalue weighted by molar-refractivity contribution is 5.93. The van der Waals surface area contributed by atoms with E-state index in [4.69, 9.17) is 5.21 Å². The Morgan fingerprint density at radius 3 is 3.18 bits per heavy atom. The fraction of sp³-hybridized carbons (Fsp3) is 0.455. The van der Waals surface area contributed by atoms with Crippen molar-refractivity contribution in [2.24, 2.45) is 5.92 Å². The molecule has 17 heavy (non-hydrogen) atoms. The molecule has 2 aliphatic rings. The van der Waals surface area contributed by atoms with Crippen molar-refractivity contribution >= 4 is 11.6 Å². The molecule has 3 rings (SSSR count). The highest BCUT2D eigenvalue weighted by atomic mass is 16.5. The normalized spacial score (nSPS) is 26.3. The third-order valence-corrected chi connectivity index (χ3v) is 3.55. The van der Waals surface area contributed by atoms with E-state index in [0.29, 0.717) is 17.5 Å². The highest BCUT2D eigenvalue weighted by Crippen LogP contribution is 2.32. The molecule has 3 heterocycles. The third kappa shape index (κ3) is 1.65. The summed E-state index contributed by atoms with van der Waals surface area (Å²) in [5.41, 5.74) is 2.94. The second-order valence-corrected chi connectivity index (χ2v) is 4.51. The average molecular weight is 234 g/mol. The molecule has 0 unspecified atom stereocenters. The zero-order chi connectivity index (χ0) is 11.8. The number of hydroxylamine groups is 1. The zero-order valence-electron chi connectivity index (χ0n) is 9.26. The number of rotatable bonds is 2. The van der Waals surface area contributed by atoms with E-state index in [1.165, 1.54) is 6.20 Å². The molecule has 2 saturated heterocycles. The first-order valence-electron chi connectivity index (χ1n) is 5.66. The maximum atomic E-state index is 11.3. The maximum absolute atomic E-state index is 11.3. The van der Waals surface area contributed by atoms with Crippen molar-refractivity contribution in [1.29, 1.82) is 0 Å². The Kier molecular flexibility index (Phi) is 2.45. The van der Waals surface area contributed by atoms with Gasteiger partial charge in [0, 0.05) is 37.8 Å². The fourth-order valence-electron chi connectivity index (χ4n) is 2.59. The van der Waals surface area contributed by atoms with Crippen LogP contribution < -0.4 is 15.7 Å². The van der Waals surface area contributed by atoms with Crippen molar-refractivity contribution in [2.45, 2.75) is 6.04 Å². The summed E-state index contributed by atoms with van der Waals surface area (Å²) >= 11 is 0. The lowest BCUT2D eigenvalue weighted by Crippen LogP contribution is -2.55. The van der Waals surface area contributed by atoms with Crippen LogP contribution in [0.4, 0.5) is 5.69 Å². The van der Waals surface area contributed by atoms with Crippen molar-refractivity contribution in [2.75, 3.05) is 24.5 Å². The molecule has 3 N–H and O–H groups in total. The van der Waals surface area contributed by atoms with Crippen LogP contribution >= 0.6 is 0 Å². The first-order chi connectivity index (χ1) is 8.29. The van der Waals surface area contributed by atoms with Gasteiger partial charge in [0.25, 0.3) is 5.91 Å². The van der Waals surface area contributed by atoms with Gasteiger partial charge in [-0.15, -0.1) is 0 Å². The Balaban J connectivity index is 1.82.